The highest BCUT2D eigenvalue weighted by molar-refractivity contribution is 7.13. The van der Waals surface area contributed by atoms with Crippen LogP contribution < -0.4 is 4.90 Å². The molecule has 1 aliphatic rings. The molecule has 0 radical (unpaired) electrons. The molecule has 1 aromatic heterocycles. The van der Waals surface area contributed by atoms with Crippen molar-refractivity contribution in [3.05, 3.63) is 11.1 Å². The van der Waals surface area contributed by atoms with E-state index in [4.69, 9.17) is 0 Å². The van der Waals surface area contributed by atoms with Gasteiger partial charge in [-0.2, -0.15) is 0 Å². The van der Waals surface area contributed by atoms with Crippen molar-refractivity contribution in [3.8, 4) is 0 Å². The number of anilines is 1. The lowest BCUT2D eigenvalue weighted by molar-refractivity contribution is -0.140. The van der Waals surface area contributed by atoms with E-state index in [2.05, 4.69) is 39.0 Å². The van der Waals surface area contributed by atoms with Crippen LogP contribution in [-0.4, -0.2) is 56.2 Å². The predicted molar refractivity (Wildman–Crippen MR) is 81.4 cm³/mol. The zero-order valence-electron chi connectivity index (χ0n) is 12.5. The van der Waals surface area contributed by atoms with Crippen LogP contribution in [0.2, 0.25) is 0 Å². The molecular weight excluding hydrogens is 274 g/mol. The Bertz CT molecular complexity index is 439. The van der Waals surface area contributed by atoms with E-state index in [1.54, 1.807) is 11.3 Å². The number of carbonyl (C=O) groups is 1. The molecule has 5 nitrogen and oxygen atoms in total. The minimum absolute atomic E-state index is 0.175. The molecule has 1 fully saturated rings. The van der Waals surface area contributed by atoms with E-state index >= 15 is 0 Å². The molecule has 2 heterocycles. The number of rotatable bonds is 5. The van der Waals surface area contributed by atoms with Crippen molar-refractivity contribution in [2.75, 3.05) is 39.2 Å². The predicted octanol–water partition coefficient (Wildman–Crippen LogP) is 1.78. The summed E-state index contributed by atoms with van der Waals surface area (Å²) in [7, 11) is 5.72. The van der Waals surface area contributed by atoms with Crippen molar-refractivity contribution in [2.45, 2.75) is 31.7 Å². The number of esters is 1. The number of methoxy groups -OCH3 is 1. The van der Waals surface area contributed by atoms with Gasteiger partial charge in [-0.3, -0.25) is 4.79 Å². The Morgan fingerprint density at radius 3 is 2.80 bits per heavy atom. The molecule has 0 spiro atoms. The maximum atomic E-state index is 11.1. The molecule has 1 saturated heterocycles. The zero-order chi connectivity index (χ0) is 14.5. The van der Waals surface area contributed by atoms with Crippen LogP contribution in [0.15, 0.2) is 5.38 Å². The van der Waals surface area contributed by atoms with Crippen LogP contribution in [0, 0.1) is 0 Å². The largest absolute Gasteiger partial charge is 0.469 e. The topological polar surface area (TPSA) is 45.7 Å². The van der Waals surface area contributed by atoms with Gasteiger partial charge in [0, 0.05) is 30.9 Å². The minimum atomic E-state index is -0.175. The smallest absolute Gasteiger partial charge is 0.305 e. The standard InChI is InChI=1S/C14H23N3O2S/c1-16(2)12-6-8-17(9-7-12)14-15-11(10-20-14)4-5-13(18)19-3/h10,12H,4-9H2,1-3H3. The molecule has 2 rings (SSSR count). The summed E-state index contributed by atoms with van der Waals surface area (Å²) < 4.78 is 4.65. The van der Waals surface area contributed by atoms with Gasteiger partial charge in [0.15, 0.2) is 5.13 Å². The van der Waals surface area contributed by atoms with Gasteiger partial charge in [0.05, 0.1) is 19.2 Å². The average molecular weight is 297 g/mol. The van der Waals surface area contributed by atoms with Gasteiger partial charge in [-0.25, -0.2) is 4.98 Å². The van der Waals surface area contributed by atoms with Gasteiger partial charge in [-0.1, -0.05) is 0 Å². The average Bonchev–Trinajstić information content (AvgIpc) is 2.93. The van der Waals surface area contributed by atoms with Crippen LogP contribution in [0.25, 0.3) is 0 Å². The molecule has 20 heavy (non-hydrogen) atoms. The van der Waals surface area contributed by atoms with Crippen molar-refractivity contribution in [2.24, 2.45) is 0 Å². The Hall–Kier alpha value is -1.14. The van der Waals surface area contributed by atoms with E-state index < -0.39 is 0 Å². The molecule has 112 valence electrons. The highest BCUT2D eigenvalue weighted by Crippen LogP contribution is 2.25. The third-order valence-electron chi connectivity index (χ3n) is 3.82. The highest BCUT2D eigenvalue weighted by atomic mass is 32.1. The Morgan fingerprint density at radius 2 is 2.20 bits per heavy atom. The molecule has 0 atom stereocenters. The lowest BCUT2D eigenvalue weighted by Crippen LogP contribution is -2.41. The van der Waals surface area contributed by atoms with Crippen LogP contribution in [0.1, 0.15) is 25.0 Å². The first kappa shape index (κ1) is 15.3. The monoisotopic (exact) mass is 297 g/mol. The number of hydrogen-bond acceptors (Lipinski definition) is 6. The van der Waals surface area contributed by atoms with Gasteiger partial charge in [-0.15, -0.1) is 11.3 Å². The maximum Gasteiger partial charge on any atom is 0.305 e. The summed E-state index contributed by atoms with van der Waals surface area (Å²) in [6.07, 6.45) is 3.44. The summed E-state index contributed by atoms with van der Waals surface area (Å²) in [6, 6.07) is 0.685. The summed E-state index contributed by atoms with van der Waals surface area (Å²) in [4.78, 5) is 20.4. The fraction of sp³-hybridized carbons (Fsp3) is 0.714. The Labute approximate surface area is 124 Å². The molecule has 0 amide bonds. The number of aryl methyl sites for hydroxylation is 1. The molecule has 1 aliphatic heterocycles. The molecule has 0 aromatic carbocycles. The SMILES string of the molecule is COC(=O)CCc1csc(N2CCC(N(C)C)CC2)n1. The molecule has 1 aromatic rings. The van der Waals surface area contributed by atoms with E-state index in [9.17, 15) is 4.79 Å². The van der Waals surface area contributed by atoms with Crippen LogP contribution in [0.5, 0.6) is 0 Å². The van der Waals surface area contributed by atoms with Gasteiger partial charge < -0.3 is 14.5 Å². The Morgan fingerprint density at radius 1 is 1.50 bits per heavy atom. The molecule has 0 unspecified atom stereocenters. The molecule has 0 bridgehead atoms. The second kappa shape index (κ2) is 7.04. The molecule has 0 saturated carbocycles. The fourth-order valence-corrected chi connectivity index (χ4v) is 3.38. The normalized spacial score (nSPS) is 16.7. The number of ether oxygens (including phenoxy) is 1. The molecule has 0 N–H and O–H groups in total. The van der Waals surface area contributed by atoms with Crippen molar-refractivity contribution in [1.29, 1.82) is 0 Å². The van der Waals surface area contributed by atoms with Gasteiger partial charge in [0.2, 0.25) is 0 Å². The van der Waals surface area contributed by atoms with Gasteiger partial charge in [-0.05, 0) is 26.9 Å². The fourth-order valence-electron chi connectivity index (χ4n) is 2.46. The van der Waals surface area contributed by atoms with E-state index in [0.29, 0.717) is 18.9 Å². The number of nitrogens with zero attached hydrogens (tertiary/aromatic N) is 3. The Balaban J connectivity index is 1.85. The maximum absolute atomic E-state index is 11.1. The first-order chi connectivity index (χ1) is 9.60. The van der Waals surface area contributed by atoms with Crippen LogP contribution in [0.3, 0.4) is 0 Å². The van der Waals surface area contributed by atoms with Gasteiger partial charge >= 0.3 is 5.97 Å². The van der Waals surface area contributed by atoms with Crippen LogP contribution in [0.4, 0.5) is 5.13 Å². The third-order valence-corrected chi connectivity index (χ3v) is 4.77. The molecule has 6 heteroatoms. The zero-order valence-corrected chi connectivity index (χ0v) is 13.3. The molecule has 0 aliphatic carbocycles. The van der Waals surface area contributed by atoms with E-state index in [1.165, 1.54) is 20.0 Å². The van der Waals surface area contributed by atoms with Crippen molar-refractivity contribution >= 4 is 22.4 Å². The summed E-state index contributed by atoms with van der Waals surface area (Å²) in [6.45, 7) is 2.12. The lowest BCUT2D eigenvalue weighted by atomic mass is 10.0. The van der Waals surface area contributed by atoms with E-state index in [-0.39, 0.29) is 5.97 Å². The summed E-state index contributed by atoms with van der Waals surface area (Å²) in [5.41, 5.74) is 0.991. The van der Waals surface area contributed by atoms with Crippen LogP contribution in [-0.2, 0) is 16.0 Å². The number of piperidine rings is 1. The summed E-state index contributed by atoms with van der Waals surface area (Å²) in [5, 5.41) is 3.14. The second-order valence-corrected chi connectivity index (χ2v) is 6.22. The highest BCUT2D eigenvalue weighted by Gasteiger charge is 2.22. The number of hydrogen-bond donors (Lipinski definition) is 0. The van der Waals surface area contributed by atoms with Crippen molar-refractivity contribution in [1.82, 2.24) is 9.88 Å². The Kier molecular flexibility index (Phi) is 5.37. The third kappa shape index (κ3) is 3.93. The number of thiazole rings is 1. The lowest BCUT2D eigenvalue weighted by Gasteiger charge is -2.35. The first-order valence-corrected chi connectivity index (χ1v) is 7.90. The van der Waals surface area contributed by atoms with Crippen molar-refractivity contribution in [3.63, 3.8) is 0 Å². The molecular formula is C14H23N3O2S. The van der Waals surface area contributed by atoms with Gasteiger partial charge in [0.1, 0.15) is 0 Å². The summed E-state index contributed by atoms with van der Waals surface area (Å²) >= 11 is 1.67. The van der Waals surface area contributed by atoms with E-state index in [1.807, 2.05) is 0 Å². The summed E-state index contributed by atoms with van der Waals surface area (Å²) in [5.74, 6) is -0.175. The first-order valence-electron chi connectivity index (χ1n) is 7.02. The van der Waals surface area contributed by atoms with Crippen molar-refractivity contribution < 1.29 is 9.53 Å². The number of aromatic nitrogens is 1. The second-order valence-electron chi connectivity index (χ2n) is 5.38. The quantitative estimate of drug-likeness (QED) is 0.775. The van der Waals surface area contributed by atoms with Crippen LogP contribution >= 0.6 is 11.3 Å². The minimum Gasteiger partial charge on any atom is -0.469 e. The van der Waals surface area contributed by atoms with E-state index in [0.717, 1.165) is 23.9 Å². The number of carbonyl (C=O) groups excluding carboxylic acids is 1. The van der Waals surface area contributed by atoms with Gasteiger partial charge in [0.25, 0.3) is 0 Å².